The summed E-state index contributed by atoms with van der Waals surface area (Å²) in [5.41, 5.74) is -0.500. The molecule has 0 N–H and O–H groups in total. The van der Waals surface area contributed by atoms with Crippen LogP contribution in [0.3, 0.4) is 0 Å². The van der Waals surface area contributed by atoms with Crippen LogP contribution in [0, 0.1) is 5.41 Å². The molecule has 1 aromatic carbocycles. The number of Topliss-reactive ketones (excluding diaryl/α,β-unsaturated/α-hetero) is 1. The Labute approximate surface area is 126 Å². The Morgan fingerprint density at radius 2 is 1.86 bits per heavy atom. The van der Waals surface area contributed by atoms with Gasteiger partial charge in [0.1, 0.15) is 18.1 Å². The van der Waals surface area contributed by atoms with Gasteiger partial charge in [-0.05, 0) is 38.1 Å². The van der Waals surface area contributed by atoms with Gasteiger partial charge in [0.25, 0.3) is 0 Å². The summed E-state index contributed by atoms with van der Waals surface area (Å²) < 4.78 is 1.39. The molecule has 1 atom stereocenters. The summed E-state index contributed by atoms with van der Waals surface area (Å²) in [7, 11) is 0. The van der Waals surface area contributed by atoms with Gasteiger partial charge in [-0.25, -0.2) is 9.67 Å². The Morgan fingerprint density at radius 1 is 1.19 bits per heavy atom. The number of halogens is 1. The number of hydrogen-bond acceptors (Lipinski definition) is 4. The molecule has 0 radical (unpaired) electrons. The lowest BCUT2D eigenvalue weighted by molar-refractivity contribution is -0.133. The van der Waals surface area contributed by atoms with Crippen LogP contribution in [0.1, 0.15) is 20.0 Å². The van der Waals surface area contributed by atoms with E-state index in [1.54, 1.807) is 38.1 Å². The number of nitrogens with zero attached hydrogens (tertiary/aromatic N) is 4. The van der Waals surface area contributed by atoms with Crippen molar-refractivity contribution >= 4 is 29.0 Å². The summed E-state index contributed by atoms with van der Waals surface area (Å²) in [5.74, 6) is -0.483. The molecule has 1 aromatic heterocycles. The second-order valence-corrected chi connectivity index (χ2v) is 5.83. The lowest BCUT2D eigenvalue weighted by Crippen LogP contribution is -2.34. The first-order valence-electron chi connectivity index (χ1n) is 6.40. The molecule has 0 spiro atoms. The van der Waals surface area contributed by atoms with Gasteiger partial charge in [0.2, 0.25) is 5.91 Å². The van der Waals surface area contributed by atoms with Crippen molar-refractivity contribution in [2.24, 2.45) is 5.41 Å². The van der Waals surface area contributed by atoms with E-state index in [9.17, 15) is 9.59 Å². The van der Waals surface area contributed by atoms with E-state index < -0.39 is 11.6 Å². The number of aromatic nitrogens is 3. The predicted octanol–water partition coefficient (Wildman–Crippen LogP) is 2.07. The third-order valence-electron chi connectivity index (χ3n) is 3.64. The van der Waals surface area contributed by atoms with E-state index in [0.717, 1.165) is 0 Å². The topological polar surface area (TPSA) is 68.1 Å². The fraction of sp³-hybridized carbons (Fsp3) is 0.286. The van der Waals surface area contributed by atoms with Gasteiger partial charge in [-0.3, -0.25) is 14.5 Å². The van der Waals surface area contributed by atoms with E-state index in [4.69, 9.17) is 11.6 Å². The third-order valence-corrected chi connectivity index (χ3v) is 3.89. The van der Waals surface area contributed by atoms with Crippen LogP contribution < -0.4 is 4.90 Å². The van der Waals surface area contributed by atoms with E-state index in [2.05, 4.69) is 10.1 Å². The lowest BCUT2D eigenvalue weighted by Gasteiger charge is -2.23. The number of rotatable bonds is 2. The molecule has 2 heterocycles. The molecule has 0 saturated carbocycles. The molecule has 1 saturated heterocycles. The molecule has 6 nitrogen and oxygen atoms in total. The Balaban J connectivity index is 2.13. The van der Waals surface area contributed by atoms with E-state index in [0.29, 0.717) is 10.7 Å². The van der Waals surface area contributed by atoms with E-state index in [-0.39, 0.29) is 11.7 Å². The first-order valence-corrected chi connectivity index (χ1v) is 6.78. The largest absolute Gasteiger partial charge is 0.294 e. The van der Waals surface area contributed by atoms with Crippen molar-refractivity contribution in [3.8, 4) is 0 Å². The molecule has 0 bridgehead atoms. The van der Waals surface area contributed by atoms with Gasteiger partial charge in [-0.2, -0.15) is 5.10 Å². The highest BCUT2D eigenvalue weighted by Crippen LogP contribution is 2.40. The van der Waals surface area contributed by atoms with E-state index in [1.807, 2.05) is 0 Å². The van der Waals surface area contributed by atoms with Crippen molar-refractivity contribution in [1.29, 1.82) is 0 Å². The van der Waals surface area contributed by atoms with Crippen LogP contribution in [-0.4, -0.2) is 26.5 Å². The zero-order valence-corrected chi connectivity index (χ0v) is 12.3. The van der Waals surface area contributed by atoms with Gasteiger partial charge in [0.15, 0.2) is 11.9 Å². The molecule has 1 aliphatic rings. The maximum atomic E-state index is 12.6. The Kier molecular flexibility index (Phi) is 3.06. The van der Waals surface area contributed by atoms with Crippen LogP contribution in [0.2, 0.25) is 5.02 Å². The Hall–Kier alpha value is -2.21. The highest BCUT2D eigenvalue weighted by molar-refractivity contribution is 6.30. The summed E-state index contributed by atoms with van der Waals surface area (Å²) in [5, 5.41) is 4.57. The van der Waals surface area contributed by atoms with Gasteiger partial charge in [-0.15, -0.1) is 0 Å². The molecule has 3 rings (SSSR count). The van der Waals surface area contributed by atoms with Crippen molar-refractivity contribution in [2.45, 2.75) is 20.0 Å². The van der Waals surface area contributed by atoms with Crippen LogP contribution in [0.25, 0.3) is 0 Å². The first-order chi connectivity index (χ1) is 9.93. The molecule has 108 valence electrons. The number of ketones is 1. The summed E-state index contributed by atoms with van der Waals surface area (Å²) >= 11 is 5.88. The molecule has 1 unspecified atom stereocenters. The SMILES string of the molecule is CC1(C)C(=O)C(n2cncn2)N(c2ccc(Cl)cc2)C1=O. The van der Waals surface area contributed by atoms with Crippen LogP contribution in [0.15, 0.2) is 36.9 Å². The first kappa shape index (κ1) is 13.8. The molecular formula is C14H13ClN4O2. The molecule has 0 aliphatic carbocycles. The van der Waals surface area contributed by atoms with Crippen LogP contribution in [0.4, 0.5) is 5.69 Å². The Bertz CT molecular complexity index is 694. The lowest BCUT2D eigenvalue weighted by atomic mass is 9.90. The molecule has 1 aliphatic heterocycles. The van der Waals surface area contributed by atoms with Crippen LogP contribution in [-0.2, 0) is 9.59 Å². The number of carbonyl (C=O) groups is 2. The van der Waals surface area contributed by atoms with Crippen LogP contribution in [0.5, 0.6) is 0 Å². The maximum absolute atomic E-state index is 12.6. The van der Waals surface area contributed by atoms with Gasteiger partial charge in [-0.1, -0.05) is 11.6 Å². The number of benzene rings is 1. The highest BCUT2D eigenvalue weighted by Gasteiger charge is 2.54. The zero-order valence-electron chi connectivity index (χ0n) is 11.5. The van der Waals surface area contributed by atoms with Gasteiger partial charge < -0.3 is 0 Å². The van der Waals surface area contributed by atoms with Crippen molar-refractivity contribution < 1.29 is 9.59 Å². The summed E-state index contributed by atoms with van der Waals surface area (Å²) in [6.07, 6.45) is 1.94. The average Bonchev–Trinajstić information content (AvgIpc) is 3.03. The third kappa shape index (κ3) is 2.03. The van der Waals surface area contributed by atoms with Crippen LogP contribution >= 0.6 is 11.6 Å². The summed E-state index contributed by atoms with van der Waals surface area (Å²) in [4.78, 5) is 30.5. The second kappa shape index (κ2) is 4.66. The van der Waals surface area contributed by atoms with Gasteiger partial charge >= 0.3 is 0 Å². The number of amides is 1. The average molecular weight is 305 g/mol. The second-order valence-electron chi connectivity index (χ2n) is 5.39. The molecular weight excluding hydrogens is 292 g/mol. The van der Waals surface area contributed by atoms with Crippen molar-refractivity contribution in [3.63, 3.8) is 0 Å². The van der Waals surface area contributed by atoms with E-state index >= 15 is 0 Å². The number of carbonyl (C=O) groups excluding carboxylic acids is 2. The van der Waals surface area contributed by atoms with Gasteiger partial charge in [0.05, 0.1) is 0 Å². The molecule has 2 aromatic rings. The quantitative estimate of drug-likeness (QED) is 0.797. The minimum atomic E-state index is -1.10. The smallest absolute Gasteiger partial charge is 0.242 e. The van der Waals surface area contributed by atoms with Gasteiger partial charge in [0, 0.05) is 10.7 Å². The summed E-state index contributed by atoms with van der Waals surface area (Å²) in [6.45, 7) is 3.25. The fourth-order valence-corrected chi connectivity index (χ4v) is 2.53. The molecule has 21 heavy (non-hydrogen) atoms. The van der Waals surface area contributed by atoms with Crippen molar-refractivity contribution in [1.82, 2.24) is 14.8 Å². The standard InChI is InChI=1S/C14H13ClN4O2/c1-14(2)11(20)12(18-8-16-7-17-18)19(13(14)21)10-5-3-9(15)4-6-10/h3-8,12H,1-2H3. The molecule has 1 amide bonds. The predicted molar refractivity (Wildman–Crippen MR) is 76.8 cm³/mol. The normalized spacial score (nSPS) is 21.1. The summed E-state index contributed by atoms with van der Waals surface area (Å²) in [6, 6.07) is 6.77. The minimum absolute atomic E-state index is 0.215. The van der Waals surface area contributed by atoms with Crippen molar-refractivity contribution in [2.75, 3.05) is 4.90 Å². The monoisotopic (exact) mass is 304 g/mol. The zero-order chi connectivity index (χ0) is 15.2. The highest BCUT2D eigenvalue weighted by atomic mass is 35.5. The van der Waals surface area contributed by atoms with E-state index in [1.165, 1.54) is 22.2 Å². The Morgan fingerprint density at radius 3 is 2.43 bits per heavy atom. The fourth-order valence-electron chi connectivity index (χ4n) is 2.40. The molecule has 1 fully saturated rings. The number of hydrogen-bond donors (Lipinski definition) is 0. The van der Waals surface area contributed by atoms with Crippen molar-refractivity contribution in [3.05, 3.63) is 41.9 Å². The minimum Gasteiger partial charge on any atom is -0.294 e. The molecule has 7 heteroatoms. The maximum Gasteiger partial charge on any atom is 0.242 e. The number of anilines is 1.